The minimum Gasteiger partial charge on any atom is -0.370 e. The third kappa shape index (κ3) is 2.50. The molecule has 0 spiro atoms. The van der Waals surface area contributed by atoms with Crippen molar-refractivity contribution < 1.29 is 4.79 Å². The third-order valence-corrected chi connectivity index (χ3v) is 3.80. The Hall–Kier alpha value is -1.51. The molecule has 3 rings (SSSR count). The lowest BCUT2D eigenvalue weighted by Crippen LogP contribution is -2.36. The summed E-state index contributed by atoms with van der Waals surface area (Å²) in [4.78, 5) is 16.5. The fraction of sp³-hybridized carbons (Fsp3) is 0.533. The van der Waals surface area contributed by atoms with Crippen molar-refractivity contribution in [1.82, 2.24) is 4.90 Å². The van der Waals surface area contributed by atoms with Crippen molar-refractivity contribution >= 4 is 11.6 Å². The molecular formula is C15H19N2O. The van der Waals surface area contributed by atoms with Gasteiger partial charge < -0.3 is 9.80 Å². The summed E-state index contributed by atoms with van der Waals surface area (Å²) >= 11 is 0. The summed E-state index contributed by atoms with van der Waals surface area (Å²) in [5, 5.41) is 0. The van der Waals surface area contributed by atoms with Crippen LogP contribution < -0.4 is 4.90 Å². The van der Waals surface area contributed by atoms with E-state index in [0.717, 1.165) is 45.4 Å². The molecule has 2 fully saturated rings. The molecule has 1 aliphatic heterocycles. The number of carbonyl (C=O) groups is 1. The van der Waals surface area contributed by atoms with Crippen molar-refractivity contribution in [3.63, 3.8) is 0 Å². The smallest absolute Gasteiger partial charge is 0.225 e. The minimum absolute atomic E-state index is 0.350. The molecule has 0 N–H and O–H groups in total. The van der Waals surface area contributed by atoms with Gasteiger partial charge in [-0.25, -0.2) is 0 Å². The maximum absolute atomic E-state index is 12.1. The summed E-state index contributed by atoms with van der Waals surface area (Å²) in [5.41, 5.74) is 1.24. The highest BCUT2D eigenvalue weighted by atomic mass is 16.2. The first-order valence-electron chi connectivity index (χ1n) is 6.84. The molecule has 0 aromatic heterocycles. The van der Waals surface area contributed by atoms with E-state index in [1.807, 2.05) is 12.1 Å². The van der Waals surface area contributed by atoms with Crippen LogP contribution in [0.3, 0.4) is 0 Å². The maximum Gasteiger partial charge on any atom is 0.225 e. The molecule has 95 valence electrons. The SMILES string of the molecule is O=C(C1CC1)N1CCCN(c2cc[c]cc2)CC1. The van der Waals surface area contributed by atoms with E-state index in [1.54, 1.807) is 0 Å². The molecule has 0 unspecified atom stereocenters. The van der Waals surface area contributed by atoms with Crippen LogP contribution in [-0.2, 0) is 4.79 Å². The van der Waals surface area contributed by atoms with Crippen LogP contribution in [0.5, 0.6) is 0 Å². The zero-order valence-electron chi connectivity index (χ0n) is 10.6. The van der Waals surface area contributed by atoms with Gasteiger partial charge in [-0.15, -0.1) is 0 Å². The van der Waals surface area contributed by atoms with E-state index < -0.39 is 0 Å². The predicted octanol–water partition coefficient (Wildman–Crippen LogP) is 1.94. The molecule has 0 atom stereocenters. The molecule has 3 nitrogen and oxygen atoms in total. The van der Waals surface area contributed by atoms with E-state index in [-0.39, 0.29) is 0 Å². The molecule has 1 heterocycles. The average Bonchev–Trinajstić information content (AvgIpc) is 3.25. The fourth-order valence-electron chi connectivity index (χ4n) is 2.57. The standard InChI is InChI=1S/C15H19N2O/c18-15(13-7-8-13)17-10-4-9-16(11-12-17)14-5-2-1-3-6-14/h2-3,5-6,13H,4,7-12H2. The number of hydrogen-bond donors (Lipinski definition) is 0. The second-order valence-electron chi connectivity index (χ2n) is 5.20. The second-order valence-corrected chi connectivity index (χ2v) is 5.20. The van der Waals surface area contributed by atoms with Crippen molar-refractivity contribution in [2.24, 2.45) is 5.92 Å². The first-order valence-corrected chi connectivity index (χ1v) is 6.84. The van der Waals surface area contributed by atoms with Crippen molar-refractivity contribution in [1.29, 1.82) is 0 Å². The number of hydrogen-bond acceptors (Lipinski definition) is 2. The Balaban J connectivity index is 1.63. The Morgan fingerprint density at radius 3 is 2.61 bits per heavy atom. The quantitative estimate of drug-likeness (QED) is 0.792. The molecule has 0 bridgehead atoms. The van der Waals surface area contributed by atoms with Gasteiger partial charge in [-0.3, -0.25) is 4.79 Å². The Morgan fingerprint density at radius 2 is 1.89 bits per heavy atom. The number of benzene rings is 1. The molecule has 1 aromatic rings. The highest BCUT2D eigenvalue weighted by Gasteiger charge is 2.33. The highest BCUT2D eigenvalue weighted by Crippen LogP contribution is 2.31. The van der Waals surface area contributed by atoms with Crippen molar-refractivity contribution in [3.05, 3.63) is 30.3 Å². The van der Waals surface area contributed by atoms with E-state index in [0.29, 0.717) is 11.8 Å². The van der Waals surface area contributed by atoms with Crippen molar-refractivity contribution in [3.8, 4) is 0 Å². The van der Waals surface area contributed by atoms with Gasteiger partial charge in [0.25, 0.3) is 0 Å². The van der Waals surface area contributed by atoms with E-state index >= 15 is 0 Å². The van der Waals surface area contributed by atoms with Crippen LogP contribution in [0.4, 0.5) is 5.69 Å². The zero-order valence-corrected chi connectivity index (χ0v) is 10.6. The van der Waals surface area contributed by atoms with E-state index in [2.05, 4.69) is 28.0 Å². The second kappa shape index (κ2) is 5.01. The number of amides is 1. The van der Waals surface area contributed by atoms with Gasteiger partial charge in [-0.05, 0) is 37.5 Å². The number of nitrogens with zero attached hydrogens (tertiary/aromatic N) is 2. The molecule has 1 aromatic carbocycles. The molecule has 1 radical (unpaired) electrons. The topological polar surface area (TPSA) is 23.6 Å². The van der Waals surface area contributed by atoms with Crippen molar-refractivity contribution in [2.45, 2.75) is 19.3 Å². The lowest BCUT2D eigenvalue weighted by molar-refractivity contribution is -0.132. The molecule has 1 saturated heterocycles. The molecule has 1 aliphatic carbocycles. The van der Waals surface area contributed by atoms with Crippen LogP contribution in [0.15, 0.2) is 24.3 Å². The minimum atomic E-state index is 0.350. The van der Waals surface area contributed by atoms with E-state index in [9.17, 15) is 4.79 Å². The maximum atomic E-state index is 12.1. The average molecular weight is 243 g/mol. The van der Waals surface area contributed by atoms with Gasteiger partial charge in [0.15, 0.2) is 0 Å². The van der Waals surface area contributed by atoms with Crippen LogP contribution in [0, 0.1) is 12.0 Å². The summed E-state index contributed by atoms with van der Waals surface area (Å²) in [6.07, 6.45) is 3.28. The molecule has 1 amide bonds. The molecular weight excluding hydrogens is 224 g/mol. The monoisotopic (exact) mass is 243 g/mol. The van der Waals surface area contributed by atoms with Gasteiger partial charge in [0, 0.05) is 37.8 Å². The Bertz CT molecular complexity index is 414. The van der Waals surface area contributed by atoms with Gasteiger partial charge in [0.2, 0.25) is 5.91 Å². The van der Waals surface area contributed by atoms with Gasteiger partial charge >= 0.3 is 0 Å². The molecule has 18 heavy (non-hydrogen) atoms. The first kappa shape index (κ1) is 11.6. The summed E-state index contributed by atoms with van der Waals surface area (Å²) in [6.45, 7) is 3.78. The first-order chi connectivity index (χ1) is 8.84. The lowest BCUT2D eigenvalue weighted by atomic mass is 10.3. The van der Waals surface area contributed by atoms with Gasteiger partial charge in [-0.2, -0.15) is 0 Å². The van der Waals surface area contributed by atoms with Crippen LogP contribution >= 0.6 is 0 Å². The van der Waals surface area contributed by atoms with Crippen LogP contribution in [0.25, 0.3) is 0 Å². The molecule has 3 heteroatoms. The molecule has 1 saturated carbocycles. The Kier molecular flexibility index (Phi) is 3.22. The summed E-state index contributed by atoms with van der Waals surface area (Å²) in [6, 6.07) is 11.1. The van der Waals surface area contributed by atoms with Gasteiger partial charge in [0.05, 0.1) is 0 Å². The largest absolute Gasteiger partial charge is 0.370 e. The highest BCUT2D eigenvalue weighted by molar-refractivity contribution is 5.81. The van der Waals surface area contributed by atoms with Crippen LogP contribution in [-0.4, -0.2) is 37.0 Å². The lowest BCUT2D eigenvalue weighted by Gasteiger charge is -2.23. The van der Waals surface area contributed by atoms with E-state index in [4.69, 9.17) is 0 Å². The zero-order chi connectivity index (χ0) is 12.4. The summed E-state index contributed by atoms with van der Waals surface area (Å²) in [7, 11) is 0. The van der Waals surface area contributed by atoms with Gasteiger partial charge in [-0.1, -0.05) is 12.1 Å². The van der Waals surface area contributed by atoms with Crippen LogP contribution in [0.1, 0.15) is 19.3 Å². The predicted molar refractivity (Wildman–Crippen MR) is 71.4 cm³/mol. The summed E-state index contributed by atoms with van der Waals surface area (Å²) in [5.74, 6) is 0.737. The van der Waals surface area contributed by atoms with Crippen LogP contribution in [0.2, 0.25) is 0 Å². The number of carbonyl (C=O) groups excluding carboxylic acids is 1. The number of anilines is 1. The fourth-order valence-corrected chi connectivity index (χ4v) is 2.57. The van der Waals surface area contributed by atoms with Crippen molar-refractivity contribution in [2.75, 3.05) is 31.1 Å². The molecule has 2 aliphatic rings. The van der Waals surface area contributed by atoms with Gasteiger partial charge in [0.1, 0.15) is 0 Å². The summed E-state index contributed by atoms with van der Waals surface area (Å²) < 4.78 is 0. The normalized spacial score (nSPS) is 20.7. The third-order valence-electron chi connectivity index (χ3n) is 3.80. The Morgan fingerprint density at radius 1 is 1.11 bits per heavy atom. The number of rotatable bonds is 2. The van der Waals surface area contributed by atoms with E-state index in [1.165, 1.54) is 5.69 Å². The Labute approximate surface area is 108 Å².